The third-order valence-corrected chi connectivity index (χ3v) is 4.90. The van der Waals surface area contributed by atoms with Crippen molar-refractivity contribution >= 4 is 17.1 Å². The van der Waals surface area contributed by atoms with Crippen molar-refractivity contribution in [1.82, 2.24) is 29.6 Å². The summed E-state index contributed by atoms with van der Waals surface area (Å²) < 4.78 is 42.2. The second-order valence-electron chi connectivity index (χ2n) is 7.62. The summed E-state index contributed by atoms with van der Waals surface area (Å²) in [4.78, 5) is 21.1. The lowest BCUT2D eigenvalue weighted by Crippen LogP contribution is -2.31. The molecule has 10 heteroatoms. The number of carbonyl (C=O) groups is 1. The average molecular weight is 406 g/mol. The van der Waals surface area contributed by atoms with Gasteiger partial charge in [0.05, 0.1) is 17.6 Å². The van der Waals surface area contributed by atoms with Crippen LogP contribution in [0.5, 0.6) is 0 Å². The van der Waals surface area contributed by atoms with E-state index in [1.54, 1.807) is 19.3 Å². The quantitative estimate of drug-likeness (QED) is 0.681. The second kappa shape index (κ2) is 7.16. The molecule has 1 aliphatic rings. The summed E-state index contributed by atoms with van der Waals surface area (Å²) in [6, 6.07) is 3.15. The van der Waals surface area contributed by atoms with Gasteiger partial charge >= 0.3 is 6.18 Å². The highest BCUT2D eigenvalue weighted by atomic mass is 19.4. The monoisotopic (exact) mass is 406 g/mol. The predicted octanol–water partition coefficient (Wildman–Crippen LogP) is 3.36. The van der Waals surface area contributed by atoms with Crippen molar-refractivity contribution in [3.05, 3.63) is 41.6 Å². The summed E-state index contributed by atoms with van der Waals surface area (Å²) in [5, 5.41) is 6.68. The Labute approximate surface area is 164 Å². The Morgan fingerprint density at radius 2 is 2.07 bits per heavy atom. The topological polar surface area (TPSA) is 77.6 Å². The minimum atomic E-state index is -4.46. The molecule has 0 aromatic carbocycles. The van der Waals surface area contributed by atoms with E-state index in [1.807, 2.05) is 4.57 Å². The zero-order chi connectivity index (χ0) is 20.8. The van der Waals surface area contributed by atoms with Crippen molar-refractivity contribution in [1.29, 1.82) is 0 Å². The highest BCUT2D eigenvalue weighted by Crippen LogP contribution is 2.36. The van der Waals surface area contributed by atoms with E-state index < -0.39 is 11.9 Å². The third kappa shape index (κ3) is 4.10. The molecule has 29 heavy (non-hydrogen) atoms. The number of carbonyl (C=O) groups excluding carboxylic acids is 1. The molecular weight excluding hydrogens is 385 g/mol. The molecule has 3 aromatic rings. The molecule has 0 spiro atoms. The molecule has 3 heterocycles. The van der Waals surface area contributed by atoms with Crippen LogP contribution in [0.4, 0.5) is 13.2 Å². The number of alkyl halides is 3. The van der Waals surface area contributed by atoms with Crippen LogP contribution in [0.3, 0.4) is 0 Å². The first-order valence-electron chi connectivity index (χ1n) is 9.45. The lowest BCUT2D eigenvalue weighted by atomic mass is 10.1. The van der Waals surface area contributed by atoms with Crippen LogP contribution >= 0.6 is 0 Å². The molecule has 154 valence electrons. The van der Waals surface area contributed by atoms with Crippen LogP contribution in [-0.2, 0) is 12.7 Å². The molecule has 7 nitrogen and oxygen atoms in total. The Kier molecular flexibility index (Phi) is 4.79. The molecule has 0 aliphatic heterocycles. The van der Waals surface area contributed by atoms with Gasteiger partial charge in [0.1, 0.15) is 11.2 Å². The second-order valence-corrected chi connectivity index (χ2v) is 7.62. The van der Waals surface area contributed by atoms with E-state index in [9.17, 15) is 18.0 Å². The highest BCUT2D eigenvalue weighted by Gasteiger charge is 2.35. The molecule has 3 aromatic heterocycles. The Morgan fingerprint density at radius 3 is 2.76 bits per heavy atom. The number of pyridine rings is 1. The fraction of sp³-hybridized carbons (Fsp3) is 0.474. The zero-order valence-electron chi connectivity index (χ0n) is 16.1. The molecule has 1 N–H and O–H groups in total. The standard InChI is InChI=1S/C19H21F3N6O/c1-11(9-28-16(19(20,21)22)5-12(2)26-28)7-24-18(29)13-6-15-17(23-8-13)27(10-25-15)14-3-4-14/h5-6,8,10-11,14H,3-4,7,9H2,1-2H3,(H,24,29). The molecule has 1 amide bonds. The van der Waals surface area contributed by atoms with Crippen LogP contribution in [0.1, 0.15) is 47.6 Å². The number of aromatic nitrogens is 5. The third-order valence-electron chi connectivity index (χ3n) is 4.90. The number of hydrogen-bond donors (Lipinski definition) is 1. The van der Waals surface area contributed by atoms with Gasteiger partial charge in [0, 0.05) is 25.3 Å². The number of nitrogens with zero attached hydrogens (tertiary/aromatic N) is 5. The van der Waals surface area contributed by atoms with Crippen LogP contribution < -0.4 is 5.32 Å². The summed E-state index contributed by atoms with van der Waals surface area (Å²) in [7, 11) is 0. The van der Waals surface area contributed by atoms with Crippen molar-refractivity contribution in [2.45, 2.75) is 45.5 Å². The van der Waals surface area contributed by atoms with Gasteiger partial charge in [-0.25, -0.2) is 9.97 Å². The Hall–Kier alpha value is -2.91. The number of amides is 1. The number of imidazole rings is 1. The van der Waals surface area contributed by atoms with Crippen molar-refractivity contribution < 1.29 is 18.0 Å². The van der Waals surface area contributed by atoms with E-state index in [-0.39, 0.29) is 24.9 Å². The van der Waals surface area contributed by atoms with Crippen molar-refractivity contribution in [2.75, 3.05) is 6.54 Å². The van der Waals surface area contributed by atoms with Crippen LogP contribution in [0.2, 0.25) is 0 Å². The first-order chi connectivity index (χ1) is 13.7. The van der Waals surface area contributed by atoms with E-state index in [0.29, 0.717) is 22.8 Å². The fourth-order valence-electron chi connectivity index (χ4n) is 3.30. The first kappa shape index (κ1) is 19.4. The molecule has 0 saturated heterocycles. The largest absolute Gasteiger partial charge is 0.433 e. The van der Waals surface area contributed by atoms with Gasteiger partial charge in [-0.2, -0.15) is 18.3 Å². The number of fused-ring (bicyclic) bond motifs is 1. The predicted molar refractivity (Wildman–Crippen MR) is 99.3 cm³/mol. The molecule has 4 rings (SSSR count). The fourth-order valence-corrected chi connectivity index (χ4v) is 3.30. The van der Waals surface area contributed by atoms with Gasteiger partial charge < -0.3 is 9.88 Å². The van der Waals surface area contributed by atoms with Gasteiger partial charge in [-0.3, -0.25) is 9.48 Å². The van der Waals surface area contributed by atoms with Crippen LogP contribution in [0.25, 0.3) is 11.2 Å². The number of rotatable bonds is 6. The molecule has 1 atom stereocenters. The Bertz CT molecular complexity index is 1050. The van der Waals surface area contributed by atoms with Gasteiger partial charge in [-0.1, -0.05) is 6.92 Å². The summed E-state index contributed by atoms with van der Waals surface area (Å²) in [6.45, 7) is 3.54. The summed E-state index contributed by atoms with van der Waals surface area (Å²) in [6.07, 6.45) is 0.998. The van der Waals surface area contributed by atoms with Gasteiger partial charge in [0.2, 0.25) is 0 Å². The first-order valence-corrected chi connectivity index (χ1v) is 9.45. The van der Waals surface area contributed by atoms with Gasteiger partial charge in [-0.05, 0) is 37.8 Å². The normalized spacial score (nSPS) is 15.6. The molecule has 0 bridgehead atoms. The van der Waals surface area contributed by atoms with Crippen molar-refractivity contribution in [2.24, 2.45) is 5.92 Å². The van der Waals surface area contributed by atoms with Gasteiger partial charge in [0.25, 0.3) is 5.91 Å². The van der Waals surface area contributed by atoms with Crippen LogP contribution in [-0.4, -0.2) is 36.8 Å². The van der Waals surface area contributed by atoms with Crippen LogP contribution in [0, 0.1) is 12.8 Å². The molecule has 1 saturated carbocycles. The van der Waals surface area contributed by atoms with Crippen molar-refractivity contribution in [3.8, 4) is 0 Å². The number of nitrogens with one attached hydrogen (secondary N) is 1. The van der Waals surface area contributed by atoms with E-state index in [1.165, 1.54) is 13.1 Å². The molecular formula is C19H21F3N6O. The van der Waals surface area contributed by atoms with Gasteiger partial charge in [-0.15, -0.1) is 0 Å². The summed E-state index contributed by atoms with van der Waals surface area (Å²) >= 11 is 0. The lowest BCUT2D eigenvalue weighted by Gasteiger charge is -2.16. The molecule has 1 unspecified atom stereocenters. The maximum Gasteiger partial charge on any atom is 0.433 e. The molecule has 0 radical (unpaired) electrons. The van der Waals surface area contributed by atoms with E-state index in [2.05, 4.69) is 20.4 Å². The Balaban J connectivity index is 1.39. The van der Waals surface area contributed by atoms with Crippen molar-refractivity contribution in [3.63, 3.8) is 0 Å². The minimum Gasteiger partial charge on any atom is -0.352 e. The summed E-state index contributed by atoms with van der Waals surface area (Å²) in [5.41, 5.74) is 1.30. The van der Waals surface area contributed by atoms with Gasteiger partial charge in [0.15, 0.2) is 5.65 Å². The number of aryl methyl sites for hydroxylation is 1. The minimum absolute atomic E-state index is 0.0477. The summed E-state index contributed by atoms with van der Waals surface area (Å²) in [5.74, 6) is -0.579. The van der Waals surface area contributed by atoms with E-state index in [0.717, 1.165) is 29.2 Å². The molecule has 1 aliphatic carbocycles. The highest BCUT2D eigenvalue weighted by molar-refractivity contribution is 5.96. The number of halogens is 3. The SMILES string of the molecule is Cc1cc(C(F)(F)F)n(CC(C)CNC(=O)c2cnc3c(c2)ncn3C2CC2)n1. The average Bonchev–Trinajstić information content (AvgIpc) is 3.30. The number of hydrogen-bond acceptors (Lipinski definition) is 4. The van der Waals surface area contributed by atoms with E-state index in [4.69, 9.17) is 0 Å². The Morgan fingerprint density at radius 1 is 1.31 bits per heavy atom. The zero-order valence-corrected chi connectivity index (χ0v) is 16.1. The lowest BCUT2D eigenvalue weighted by molar-refractivity contribution is -0.144. The smallest absolute Gasteiger partial charge is 0.352 e. The maximum absolute atomic E-state index is 13.1. The van der Waals surface area contributed by atoms with Crippen LogP contribution in [0.15, 0.2) is 24.7 Å². The maximum atomic E-state index is 13.1. The van der Waals surface area contributed by atoms with E-state index >= 15 is 0 Å². The molecule has 1 fully saturated rings.